The molecule has 4 rings (SSSR count). The topological polar surface area (TPSA) is 170 Å². The smallest absolute Gasteiger partial charge is 0.389 e. The van der Waals surface area contributed by atoms with E-state index in [1.54, 1.807) is 44.1 Å². The fourth-order valence-electron chi connectivity index (χ4n) is 6.85. The van der Waals surface area contributed by atoms with Gasteiger partial charge in [0.25, 0.3) is 5.91 Å². The number of anilines is 1. The SMILES string of the molecule is CN(C)c1cc(CC(C)(N)CCC(F)(F)F)c(O)c2c1CC1CC3C(C(=O)C(C(N)=O)=C(O)[C@H]3N(C)C)C(=O)C1=C2O. The molecule has 0 spiro atoms. The molecule has 5 atom stereocenters. The average Bonchev–Trinajstić information content (AvgIpc) is 2.83. The van der Waals surface area contributed by atoms with Crippen LogP contribution in [0.2, 0.25) is 0 Å². The van der Waals surface area contributed by atoms with E-state index in [1.807, 2.05) is 0 Å². The van der Waals surface area contributed by atoms with Gasteiger partial charge in [0.15, 0.2) is 11.6 Å². The van der Waals surface area contributed by atoms with Gasteiger partial charge in [-0.05, 0) is 75.7 Å². The molecule has 0 saturated heterocycles. The summed E-state index contributed by atoms with van der Waals surface area (Å²) in [6, 6.07) is 0.770. The highest BCUT2D eigenvalue weighted by Crippen LogP contribution is 2.52. The lowest BCUT2D eigenvalue weighted by Crippen LogP contribution is -2.55. The van der Waals surface area contributed by atoms with E-state index >= 15 is 0 Å². The number of primary amides is 1. The van der Waals surface area contributed by atoms with E-state index in [1.165, 1.54) is 6.92 Å². The maximum atomic E-state index is 14.0. The van der Waals surface area contributed by atoms with E-state index in [0.717, 1.165) is 0 Å². The number of aliphatic hydroxyl groups is 2. The Balaban J connectivity index is 1.85. The molecule has 1 aromatic carbocycles. The van der Waals surface area contributed by atoms with Gasteiger partial charge in [0, 0.05) is 37.3 Å². The number of rotatable bonds is 7. The number of benzene rings is 1. The quantitative estimate of drug-likeness (QED) is 0.235. The minimum Gasteiger partial charge on any atom is -0.510 e. The zero-order valence-corrected chi connectivity index (χ0v) is 24.2. The molecular weight excluding hydrogens is 557 g/mol. The summed E-state index contributed by atoms with van der Waals surface area (Å²) >= 11 is 0. The number of phenolic OH excluding ortho intramolecular Hbond substituents is 1. The molecule has 230 valence electrons. The zero-order valence-electron chi connectivity index (χ0n) is 24.2. The van der Waals surface area contributed by atoms with Crippen LogP contribution in [0, 0.1) is 17.8 Å². The lowest BCUT2D eigenvalue weighted by atomic mass is 9.59. The summed E-state index contributed by atoms with van der Waals surface area (Å²) in [6.07, 6.45) is -5.68. The van der Waals surface area contributed by atoms with E-state index in [9.17, 15) is 42.9 Å². The van der Waals surface area contributed by atoms with Crippen LogP contribution < -0.4 is 16.4 Å². The van der Waals surface area contributed by atoms with Crippen molar-refractivity contribution in [3.05, 3.63) is 39.7 Å². The number of aromatic hydroxyl groups is 1. The van der Waals surface area contributed by atoms with Crippen LogP contribution in [0.4, 0.5) is 18.9 Å². The second kappa shape index (κ2) is 10.6. The molecule has 0 heterocycles. The van der Waals surface area contributed by atoms with Gasteiger partial charge in [0.05, 0.1) is 17.5 Å². The Morgan fingerprint density at radius 3 is 2.21 bits per heavy atom. The van der Waals surface area contributed by atoms with Crippen molar-refractivity contribution in [2.45, 2.75) is 56.8 Å². The first-order chi connectivity index (χ1) is 19.3. The standard InChI is InChI=1S/C29H37F3N4O6/c1-28(34,6-7-29(30,31)32)11-13-10-16(35(2)3)14-8-12-9-15-19(24(39)17(12)23(38)18(14)22(13)37)25(40)20(27(33)42)26(41)21(15)36(4)5/h10,12,15,19,21,37-38,41H,6-9,11,34H2,1-5H3,(H2,33,42)/t12?,15?,19?,21-,28?/m0/s1. The molecule has 1 saturated carbocycles. The number of ketones is 2. The number of amides is 1. The van der Waals surface area contributed by atoms with Gasteiger partial charge in [-0.1, -0.05) is 0 Å². The third kappa shape index (κ3) is 5.35. The number of hydrogen-bond donors (Lipinski definition) is 5. The summed E-state index contributed by atoms with van der Waals surface area (Å²) in [7, 11) is 6.74. The molecule has 13 heteroatoms. The largest absolute Gasteiger partial charge is 0.510 e. The Hall–Kier alpha value is -3.58. The van der Waals surface area contributed by atoms with Crippen LogP contribution in [-0.4, -0.2) is 83.6 Å². The fraction of sp³-hybridized carbons (Fsp3) is 0.552. The highest BCUT2D eigenvalue weighted by atomic mass is 19.4. The Kier molecular flexibility index (Phi) is 7.92. The predicted molar refractivity (Wildman–Crippen MR) is 149 cm³/mol. The lowest BCUT2D eigenvalue weighted by Gasteiger charge is -2.46. The normalized spacial score (nSPS) is 25.7. The van der Waals surface area contributed by atoms with Crippen molar-refractivity contribution in [2.75, 3.05) is 33.1 Å². The Bertz CT molecular complexity index is 1410. The molecule has 7 N–H and O–H groups in total. The lowest BCUT2D eigenvalue weighted by molar-refractivity contribution is -0.138. The molecule has 3 aliphatic carbocycles. The monoisotopic (exact) mass is 594 g/mol. The van der Waals surface area contributed by atoms with Gasteiger partial charge >= 0.3 is 6.18 Å². The van der Waals surface area contributed by atoms with Gasteiger partial charge in [-0.25, -0.2) is 0 Å². The summed E-state index contributed by atoms with van der Waals surface area (Å²) < 4.78 is 38.7. The Morgan fingerprint density at radius 2 is 1.69 bits per heavy atom. The van der Waals surface area contributed by atoms with Gasteiger partial charge in [-0.3, -0.25) is 19.3 Å². The molecule has 0 radical (unpaired) electrons. The fourth-order valence-corrected chi connectivity index (χ4v) is 6.85. The summed E-state index contributed by atoms with van der Waals surface area (Å²) in [5.41, 5.74) is 10.8. The number of allylic oxidation sites excluding steroid dienone is 1. The number of nitrogens with zero attached hydrogens (tertiary/aromatic N) is 2. The maximum absolute atomic E-state index is 14.0. The third-order valence-corrected chi connectivity index (χ3v) is 8.68. The number of Topliss-reactive ketones (excluding diaryl/α,β-unsaturated/α-hetero) is 2. The minimum absolute atomic E-state index is 0.0400. The van der Waals surface area contributed by atoms with Crippen LogP contribution in [-0.2, 0) is 27.2 Å². The Labute approximate surface area is 241 Å². The molecule has 0 aliphatic heterocycles. The Morgan fingerprint density at radius 1 is 1.07 bits per heavy atom. The molecule has 1 amide bonds. The van der Waals surface area contributed by atoms with Crippen LogP contribution in [0.25, 0.3) is 5.76 Å². The molecule has 4 unspecified atom stereocenters. The van der Waals surface area contributed by atoms with Crippen LogP contribution in [0.1, 0.15) is 42.9 Å². The molecule has 3 aliphatic rings. The highest BCUT2D eigenvalue weighted by Gasteiger charge is 2.56. The highest BCUT2D eigenvalue weighted by molar-refractivity contribution is 6.28. The van der Waals surface area contributed by atoms with Gasteiger partial charge in [-0.15, -0.1) is 0 Å². The number of fused-ring (bicyclic) bond motifs is 3. The predicted octanol–water partition coefficient (Wildman–Crippen LogP) is 2.52. The first-order valence-corrected chi connectivity index (χ1v) is 13.6. The van der Waals surface area contributed by atoms with Crippen LogP contribution in [0.3, 0.4) is 0 Å². The van der Waals surface area contributed by atoms with Crippen molar-refractivity contribution in [1.29, 1.82) is 0 Å². The zero-order chi connectivity index (χ0) is 31.6. The molecule has 1 aromatic rings. The van der Waals surface area contributed by atoms with E-state index in [2.05, 4.69) is 0 Å². The third-order valence-electron chi connectivity index (χ3n) is 8.68. The van der Waals surface area contributed by atoms with Gasteiger partial charge in [0.2, 0.25) is 0 Å². The maximum Gasteiger partial charge on any atom is 0.389 e. The van der Waals surface area contributed by atoms with Crippen LogP contribution in [0.15, 0.2) is 23.0 Å². The van der Waals surface area contributed by atoms with Crippen molar-refractivity contribution >= 4 is 28.9 Å². The van der Waals surface area contributed by atoms with Crippen molar-refractivity contribution in [2.24, 2.45) is 29.2 Å². The van der Waals surface area contributed by atoms with Gasteiger partial charge in [-0.2, -0.15) is 13.2 Å². The summed E-state index contributed by atoms with van der Waals surface area (Å²) in [4.78, 5) is 42.8. The number of likely N-dealkylation sites (N-methyl/N-ethyl adjacent to an activating group) is 1. The van der Waals surface area contributed by atoms with Crippen LogP contribution in [0.5, 0.6) is 5.75 Å². The number of halogens is 3. The number of nitrogens with two attached hydrogens (primary N) is 2. The molecule has 1 fully saturated rings. The molecule has 10 nitrogen and oxygen atoms in total. The summed E-state index contributed by atoms with van der Waals surface area (Å²) in [5.74, 6) is -6.94. The number of carbonyl (C=O) groups excluding carboxylic acids is 3. The summed E-state index contributed by atoms with van der Waals surface area (Å²) in [6.45, 7) is 1.45. The van der Waals surface area contributed by atoms with Crippen LogP contribution >= 0.6 is 0 Å². The van der Waals surface area contributed by atoms with Crippen molar-refractivity contribution in [1.82, 2.24) is 4.90 Å². The number of alkyl halides is 3. The summed E-state index contributed by atoms with van der Waals surface area (Å²) in [5, 5.41) is 33.8. The van der Waals surface area contributed by atoms with Gasteiger partial charge in [0.1, 0.15) is 22.8 Å². The molecule has 0 bridgehead atoms. The average molecular weight is 595 g/mol. The van der Waals surface area contributed by atoms with Crippen molar-refractivity contribution < 1.29 is 42.9 Å². The minimum atomic E-state index is -4.41. The van der Waals surface area contributed by atoms with E-state index in [0.29, 0.717) is 11.3 Å². The van der Waals surface area contributed by atoms with Gasteiger partial charge < -0.3 is 31.7 Å². The number of hydrogen-bond acceptors (Lipinski definition) is 9. The van der Waals surface area contributed by atoms with Crippen molar-refractivity contribution in [3.63, 3.8) is 0 Å². The van der Waals surface area contributed by atoms with E-state index in [4.69, 9.17) is 11.5 Å². The molecular formula is C29H37F3N4O6. The molecule has 42 heavy (non-hydrogen) atoms. The second-order valence-corrected chi connectivity index (χ2v) is 12.4. The first kappa shape index (κ1) is 31.4. The van der Waals surface area contributed by atoms with Crippen molar-refractivity contribution in [3.8, 4) is 5.75 Å². The number of carbonyl (C=O) groups is 3. The van der Waals surface area contributed by atoms with E-state index in [-0.39, 0.29) is 36.0 Å². The number of aliphatic hydroxyl groups excluding tert-OH is 2. The first-order valence-electron chi connectivity index (χ1n) is 13.6. The number of phenols is 1. The van der Waals surface area contributed by atoms with E-state index < -0.39 is 88.7 Å². The second-order valence-electron chi connectivity index (χ2n) is 12.4. The molecule has 0 aromatic heterocycles.